The average Bonchev–Trinajstić information content (AvgIpc) is 2.46. The van der Waals surface area contributed by atoms with Gasteiger partial charge in [0.05, 0.1) is 14.2 Å². The number of benzene rings is 2. The summed E-state index contributed by atoms with van der Waals surface area (Å²) in [5.74, 6) is 1.07. The zero-order valence-corrected chi connectivity index (χ0v) is 14.5. The summed E-state index contributed by atoms with van der Waals surface area (Å²) in [5.41, 5.74) is 1.04. The van der Waals surface area contributed by atoms with E-state index in [1.807, 2.05) is 0 Å². The minimum absolute atomic E-state index is 0.400. The Kier molecular flexibility index (Phi) is 5.38. The lowest BCUT2D eigenvalue weighted by Crippen LogP contribution is -2.04. The Morgan fingerprint density at radius 1 is 1.05 bits per heavy atom. The second-order valence-electron chi connectivity index (χ2n) is 4.27. The number of hydrogen-bond donors (Lipinski definition) is 1. The van der Waals surface area contributed by atoms with Crippen LogP contribution < -0.4 is 9.47 Å². The highest BCUT2D eigenvalue weighted by atomic mass is 79.9. The van der Waals surface area contributed by atoms with Gasteiger partial charge in [0.2, 0.25) is 0 Å². The fourth-order valence-corrected chi connectivity index (χ4v) is 3.15. The van der Waals surface area contributed by atoms with Gasteiger partial charge in [0, 0.05) is 25.6 Å². The van der Waals surface area contributed by atoms with E-state index in [9.17, 15) is 5.11 Å². The number of hydrogen-bond acceptors (Lipinski definition) is 3. The van der Waals surface area contributed by atoms with E-state index in [2.05, 4.69) is 15.9 Å². The van der Waals surface area contributed by atoms with Crippen molar-refractivity contribution in [3.63, 3.8) is 0 Å². The molecule has 0 aliphatic carbocycles. The minimum atomic E-state index is -0.986. The van der Waals surface area contributed by atoms with Crippen LogP contribution in [0.5, 0.6) is 11.5 Å². The van der Waals surface area contributed by atoms with E-state index in [4.69, 9.17) is 32.7 Å². The second kappa shape index (κ2) is 6.88. The summed E-state index contributed by atoms with van der Waals surface area (Å²) in [6.45, 7) is 0. The molecule has 0 bridgehead atoms. The van der Waals surface area contributed by atoms with Crippen molar-refractivity contribution >= 4 is 39.1 Å². The largest absolute Gasteiger partial charge is 0.493 e. The van der Waals surface area contributed by atoms with Crippen LogP contribution in [0.2, 0.25) is 10.0 Å². The van der Waals surface area contributed by atoms with Crippen LogP contribution >= 0.6 is 39.1 Å². The summed E-state index contributed by atoms with van der Waals surface area (Å²) < 4.78 is 11.1. The molecule has 0 amide bonds. The molecule has 0 aliphatic rings. The smallest absolute Gasteiger partial charge is 0.161 e. The quantitative estimate of drug-likeness (QED) is 0.809. The topological polar surface area (TPSA) is 38.7 Å². The van der Waals surface area contributed by atoms with Crippen LogP contribution in [0.1, 0.15) is 17.2 Å². The molecule has 2 aromatic carbocycles. The molecule has 0 fully saturated rings. The Morgan fingerprint density at radius 3 is 2.10 bits per heavy atom. The average molecular weight is 392 g/mol. The molecule has 0 saturated heterocycles. The fraction of sp³-hybridized carbons (Fsp3) is 0.200. The van der Waals surface area contributed by atoms with Crippen LogP contribution in [0.15, 0.2) is 34.8 Å². The maximum atomic E-state index is 10.6. The molecular formula is C15H13BrCl2O3. The zero-order valence-electron chi connectivity index (χ0n) is 11.4. The molecule has 0 aromatic heterocycles. The molecule has 0 saturated carbocycles. The zero-order chi connectivity index (χ0) is 15.6. The van der Waals surface area contributed by atoms with Crippen molar-refractivity contribution in [2.45, 2.75) is 6.10 Å². The first-order valence-electron chi connectivity index (χ1n) is 6.03. The van der Waals surface area contributed by atoms with Crippen molar-refractivity contribution in [2.75, 3.05) is 14.2 Å². The summed E-state index contributed by atoms with van der Waals surface area (Å²) in [7, 11) is 3.08. The summed E-state index contributed by atoms with van der Waals surface area (Å²) >= 11 is 15.7. The summed E-state index contributed by atoms with van der Waals surface area (Å²) in [4.78, 5) is 0. The third kappa shape index (κ3) is 3.29. The van der Waals surface area contributed by atoms with Crippen LogP contribution in [0.25, 0.3) is 0 Å². The maximum absolute atomic E-state index is 10.6. The lowest BCUT2D eigenvalue weighted by molar-refractivity contribution is 0.219. The molecule has 0 spiro atoms. The van der Waals surface area contributed by atoms with E-state index in [1.54, 1.807) is 37.4 Å². The van der Waals surface area contributed by atoms with E-state index in [0.29, 0.717) is 37.1 Å². The monoisotopic (exact) mass is 390 g/mol. The fourth-order valence-electron chi connectivity index (χ4n) is 2.01. The van der Waals surface area contributed by atoms with E-state index in [0.717, 1.165) is 0 Å². The molecule has 1 N–H and O–H groups in total. The maximum Gasteiger partial charge on any atom is 0.161 e. The van der Waals surface area contributed by atoms with Gasteiger partial charge in [0.15, 0.2) is 11.5 Å². The Hall–Kier alpha value is -0.940. The predicted octanol–water partition coefficient (Wildman–Crippen LogP) is 4.85. The van der Waals surface area contributed by atoms with E-state index >= 15 is 0 Å². The highest BCUT2D eigenvalue weighted by molar-refractivity contribution is 9.10. The first kappa shape index (κ1) is 16.4. The normalized spacial score (nSPS) is 12.1. The van der Waals surface area contributed by atoms with Gasteiger partial charge in [-0.3, -0.25) is 0 Å². The molecule has 2 aromatic rings. The van der Waals surface area contributed by atoms with Gasteiger partial charge in [0.1, 0.15) is 6.10 Å². The second-order valence-corrected chi connectivity index (χ2v) is 5.94. The highest BCUT2D eigenvalue weighted by Gasteiger charge is 2.21. The van der Waals surface area contributed by atoms with Crippen molar-refractivity contribution < 1.29 is 14.6 Å². The van der Waals surface area contributed by atoms with Gasteiger partial charge in [-0.25, -0.2) is 0 Å². The highest BCUT2D eigenvalue weighted by Crippen LogP contribution is 2.41. The molecule has 6 heteroatoms. The molecule has 3 nitrogen and oxygen atoms in total. The summed E-state index contributed by atoms with van der Waals surface area (Å²) in [6.07, 6.45) is -0.986. The number of rotatable bonds is 4. The Morgan fingerprint density at radius 2 is 1.57 bits per heavy atom. The molecule has 2 rings (SSSR count). The first-order valence-corrected chi connectivity index (χ1v) is 7.57. The van der Waals surface area contributed by atoms with Gasteiger partial charge < -0.3 is 14.6 Å². The number of halogens is 3. The molecule has 1 atom stereocenters. The number of aliphatic hydroxyl groups is 1. The third-order valence-electron chi connectivity index (χ3n) is 3.07. The molecule has 112 valence electrons. The standard InChI is InChI=1S/C15H13BrCl2O3/c1-20-12-6-8(9(16)7-13(12)21-2)15(19)14-10(17)4-3-5-11(14)18/h3-7,15,19H,1-2H3. The van der Waals surface area contributed by atoms with Crippen LogP contribution in [0.3, 0.4) is 0 Å². The SMILES string of the molecule is COc1cc(Br)c(C(O)c2c(Cl)cccc2Cl)cc1OC. The van der Waals surface area contributed by atoms with Crippen LogP contribution in [-0.2, 0) is 0 Å². The van der Waals surface area contributed by atoms with Gasteiger partial charge in [-0.2, -0.15) is 0 Å². The Labute approximate surface area is 141 Å². The van der Waals surface area contributed by atoms with Crippen molar-refractivity contribution in [1.29, 1.82) is 0 Å². The molecule has 1 unspecified atom stereocenters. The van der Waals surface area contributed by atoms with Crippen molar-refractivity contribution in [3.05, 3.63) is 56.0 Å². The minimum Gasteiger partial charge on any atom is -0.493 e. The third-order valence-corrected chi connectivity index (χ3v) is 4.42. The van der Waals surface area contributed by atoms with Crippen molar-refractivity contribution in [2.24, 2.45) is 0 Å². The number of aliphatic hydroxyl groups excluding tert-OH is 1. The Balaban J connectivity index is 2.56. The van der Waals surface area contributed by atoms with Gasteiger partial charge in [-0.15, -0.1) is 0 Å². The van der Waals surface area contributed by atoms with E-state index < -0.39 is 6.10 Å². The van der Waals surface area contributed by atoms with E-state index in [-0.39, 0.29) is 0 Å². The lowest BCUT2D eigenvalue weighted by Gasteiger charge is -2.18. The van der Waals surface area contributed by atoms with Crippen LogP contribution in [0.4, 0.5) is 0 Å². The van der Waals surface area contributed by atoms with Gasteiger partial charge in [-0.1, -0.05) is 45.2 Å². The Bertz CT molecular complexity index is 641. The molecule has 0 aliphatic heterocycles. The van der Waals surface area contributed by atoms with Crippen LogP contribution in [-0.4, -0.2) is 19.3 Å². The predicted molar refractivity (Wildman–Crippen MR) is 87.8 cm³/mol. The van der Waals surface area contributed by atoms with Crippen molar-refractivity contribution in [3.8, 4) is 11.5 Å². The van der Waals surface area contributed by atoms with E-state index in [1.165, 1.54) is 7.11 Å². The van der Waals surface area contributed by atoms with Gasteiger partial charge in [-0.05, 0) is 24.3 Å². The summed E-state index contributed by atoms with van der Waals surface area (Å²) in [6, 6.07) is 8.50. The molecule has 0 radical (unpaired) electrons. The molecule has 21 heavy (non-hydrogen) atoms. The summed E-state index contributed by atoms with van der Waals surface area (Å²) in [5, 5.41) is 11.4. The molecular weight excluding hydrogens is 379 g/mol. The molecule has 0 heterocycles. The van der Waals surface area contributed by atoms with Gasteiger partial charge in [0.25, 0.3) is 0 Å². The lowest BCUT2D eigenvalue weighted by atomic mass is 10.0. The number of ether oxygens (including phenoxy) is 2. The van der Waals surface area contributed by atoms with Crippen molar-refractivity contribution in [1.82, 2.24) is 0 Å². The van der Waals surface area contributed by atoms with Gasteiger partial charge >= 0.3 is 0 Å². The first-order chi connectivity index (χ1) is 9.99. The number of methoxy groups -OCH3 is 2. The van der Waals surface area contributed by atoms with Crippen LogP contribution in [0, 0.1) is 0 Å².